The first kappa shape index (κ1) is 8.38. The Bertz CT molecular complexity index is 364. The summed E-state index contributed by atoms with van der Waals surface area (Å²) in [5.74, 6) is 0.993. The maximum Gasteiger partial charge on any atom is 0.110 e. The molecule has 66 valence electrons. The zero-order valence-electron chi connectivity index (χ0n) is 7.07. The predicted octanol–water partition coefficient (Wildman–Crippen LogP) is 2.29. The lowest BCUT2D eigenvalue weighted by Gasteiger charge is -1.98. The lowest BCUT2D eigenvalue weighted by Crippen LogP contribution is -1.89. The topological polar surface area (TPSA) is 28.7 Å². The summed E-state index contributed by atoms with van der Waals surface area (Å²) in [5, 5.41) is 0. The second kappa shape index (κ2) is 3.66. The third kappa shape index (κ3) is 2.12. The van der Waals surface area contributed by atoms with E-state index in [2.05, 4.69) is 34.7 Å². The molecule has 13 heavy (non-hydrogen) atoms. The van der Waals surface area contributed by atoms with Gasteiger partial charge >= 0.3 is 0 Å². The molecule has 1 aromatic heterocycles. The Hall–Kier alpha value is -1.22. The molecule has 2 rings (SSSR count). The molecule has 0 saturated carbocycles. The van der Waals surface area contributed by atoms with Crippen LogP contribution < -0.4 is 0 Å². The normalized spacial score (nSPS) is 10.2. The van der Waals surface area contributed by atoms with E-state index < -0.39 is 0 Å². The zero-order valence-corrected chi connectivity index (χ0v) is 7.96. The minimum Gasteiger partial charge on any atom is -0.348 e. The quantitative estimate of drug-likeness (QED) is 0.699. The Morgan fingerprint density at radius 1 is 1.23 bits per heavy atom. The van der Waals surface area contributed by atoms with Gasteiger partial charge < -0.3 is 4.98 Å². The number of rotatable bonds is 2. The number of benzene rings is 1. The van der Waals surface area contributed by atoms with Crippen molar-refractivity contribution in [2.75, 3.05) is 0 Å². The van der Waals surface area contributed by atoms with Crippen molar-refractivity contribution in [2.45, 2.75) is 11.3 Å². The van der Waals surface area contributed by atoms with Crippen LogP contribution in [-0.2, 0) is 6.42 Å². The summed E-state index contributed by atoms with van der Waals surface area (Å²) in [6.45, 7) is 0. The smallest absolute Gasteiger partial charge is 0.110 e. The number of nitrogens with zero attached hydrogens (tertiary/aromatic N) is 1. The van der Waals surface area contributed by atoms with Crippen molar-refractivity contribution < 1.29 is 0 Å². The highest BCUT2D eigenvalue weighted by molar-refractivity contribution is 7.80. The molecular weight excluding hydrogens is 180 g/mol. The van der Waals surface area contributed by atoms with Crippen LogP contribution in [0.3, 0.4) is 0 Å². The van der Waals surface area contributed by atoms with Gasteiger partial charge in [-0.05, 0) is 17.7 Å². The summed E-state index contributed by atoms with van der Waals surface area (Å²) in [6, 6.07) is 8.10. The highest BCUT2D eigenvalue weighted by atomic mass is 32.1. The Morgan fingerprint density at radius 3 is 2.62 bits per heavy atom. The van der Waals surface area contributed by atoms with Crippen molar-refractivity contribution in [2.24, 2.45) is 0 Å². The SMILES string of the molecule is Sc1ccc(Cc2ncc[nH]2)cc1. The fourth-order valence-electron chi connectivity index (χ4n) is 1.20. The van der Waals surface area contributed by atoms with Crippen molar-refractivity contribution in [3.05, 3.63) is 48.0 Å². The highest BCUT2D eigenvalue weighted by Crippen LogP contribution is 2.10. The van der Waals surface area contributed by atoms with Gasteiger partial charge in [-0.3, -0.25) is 0 Å². The van der Waals surface area contributed by atoms with Crippen molar-refractivity contribution in [3.63, 3.8) is 0 Å². The molecule has 1 aromatic carbocycles. The fraction of sp³-hybridized carbons (Fsp3) is 0.100. The number of aromatic amines is 1. The van der Waals surface area contributed by atoms with Crippen molar-refractivity contribution in [3.8, 4) is 0 Å². The third-order valence-electron chi connectivity index (χ3n) is 1.86. The molecule has 2 aromatic rings. The molecule has 0 fully saturated rings. The molecule has 3 heteroatoms. The number of imidazole rings is 1. The third-order valence-corrected chi connectivity index (χ3v) is 2.16. The van der Waals surface area contributed by atoms with Gasteiger partial charge in [-0.2, -0.15) is 0 Å². The molecular formula is C10H10N2S. The second-order valence-corrected chi connectivity index (χ2v) is 3.40. The highest BCUT2D eigenvalue weighted by Gasteiger charge is 1.96. The number of hydrogen-bond donors (Lipinski definition) is 2. The van der Waals surface area contributed by atoms with Crippen LogP contribution in [0.25, 0.3) is 0 Å². The first-order valence-electron chi connectivity index (χ1n) is 4.11. The summed E-state index contributed by atoms with van der Waals surface area (Å²) in [5.41, 5.74) is 1.24. The van der Waals surface area contributed by atoms with E-state index in [4.69, 9.17) is 0 Å². The van der Waals surface area contributed by atoms with Gasteiger partial charge in [-0.25, -0.2) is 4.98 Å². The summed E-state index contributed by atoms with van der Waals surface area (Å²) < 4.78 is 0. The molecule has 0 aliphatic rings. The molecule has 2 nitrogen and oxygen atoms in total. The van der Waals surface area contributed by atoms with Crippen LogP contribution >= 0.6 is 12.6 Å². The Labute approximate surface area is 82.4 Å². The van der Waals surface area contributed by atoms with E-state index in [0.717, 1.165) is 17.1 Å². The van der Waals surface area contributed by atoms with Crippen LogP contribution in [0, 0.1) is 0 Å². The largest absolute Gasteiger partial charge is 0.348 e. The van der Waals surface area contributed by atoms with Gasteiger partial charge in [-0.15, -0.1) is 12.6 Å². The monoisotopic (exact) mass is 190 g/mol. The summed E-state index contributed by atoms with van der Waals surface area (Å²) >= 11 is 4.22. The molecule has 1 N–H and O–H groups in total. The minimum absolute atomic E-state index is 0.848. The minimum atomic E-state index is 0.848. The number of H-pyrrole nitrogens is 1. The Kier molecular flexibility index (Phi) is 2.36. The van der Waals surface area contributed by atoms with E-state index in [1.165, 1.54) is 5.56 Å². The molecule has 0 atom stereocenters. The van der Waals surface area contributed by atoms with Crippen LogP contribution in [-0.4, -0.2) is 9.97 Å². The molecule has 0 unspecified atom stereocenters. The molecule has 0 bridgehead atoms. The van der Waals surface area contributed by atoms with Crippen LogP contribution in [0.4, 0.5) is 0 Å². The molecule has 0 radical (unpaired) electrons. The molecule has 0 aliphatic carbocycles. The van der Waals surface area contributed by atoms with Gasteiger partial charge in [0.05, 0.1) is 0 Å². The van der Waals surface area contributed by atoms with Crippen LogP contribution in [0.1, 0.15) is 11.4 Å². The lowest BCUT2D eigenvalue weighted by molar-refractivity contribution is 1.02. The van der Waals surface area contributed by atoms with Gasteiger partial charge in [-0.1, -0.05) is 12.1 Å². The Balaban J connectivity index is 2.15. The first-order chi connectivity index (χ1) is 6.34. The van der Waals surface area contributed by atoms with E-state index in [9.17, 15) is 0 Å². The number of aromatic nitrogens is 2. The molecule has 1 heterocycles. The number of thiol groups is 1. The van der Waals surface area contributed by atoms with Crippen LogP contribution in [0.2, 0.25) is 0 Å². The summed E-state index contributed by atoms with van der Waals surface area (Å²) in [7, 11) is 0. The van der Waals surface area contributed by atoms with Gasteiger partial charge in [0, 0.05) is 23.7 Å². The van der Waals surface area contributed by atoms with Crippen LogP contribution in [0.15, 0.2) is 41.6 Å². The maximum atomic E-state index is 4.22. The molecule has 0 amide bonds. The van der Waals surface area contributed by atoms with E-state index in [1.807, 2.05) is 18.3 Å². The van der Waals surface area contributed by atoms with Gasteiger partial charge in [0.1, 0.15) is 5.82 Å². The zero-order chi connectivity index (χ0) is 9.10. The fourth-order valence-corrected chi connectivity index (χ4v) is 1.35. The van der Waals surface area contributed by atoms with E-state index in [0.29, 0.717) is 0 Å². The molecule has 0 aliphatic heterocycles. The number of hydrogen-bond acceptors (Lipinski definition) is 2. The van der Waals surface area contributed by atoms with Crippen molar-refractivity contribution in [1.29, 1.82) is 0 Å². The average molecular weight is 190 g/mol. The van der Waals surface area contributed by atoms with Crippen molar-refractivity contribution >= 4 is 12.6 Å². The molecule has 0 spiro atoms. The summed E-state index contributed by atoms with van der Waals surface area (Å²) in [6.07, 6.45) is 4.45. The van der Waals surface area contributed by atoms with E-state index in [-0.39, 0.29) is 0 Å². The predicted molar refractivity (Wildman–Crippen MR) is 55.1 cm³/mol. The molecule has 0 saturated heterocycles. The van der Waals surface area contributed by atoms with Gasteiger partial charge in [0.25, 0.3) is 0 Å². The van der Waals surface area contributed by atoms with Gasteiger partial charge in [0.15, 0.2) is 0 Å². The van der Waals surface area contributed by atoms with Crippen molar-refractivity contribution in [1.82, 2.24) is 9.97 Å². The standard InChI is InChI=1S/C10H10N2S/c13-9-3-1-8(2-4-9)7-10-11-5-6-12-10/h1-6,13H,7H2,(H,11,12). The Morgan fingerprint density at radius 2 is 2.00 bits per heavy atom. The average Bonchev–Trinajstić information content (AvgIpc) is 2.62. The van der Waals surface area contributed by atoms with E-state index in [1.54, 1.807) is 6.20 Å². The van der Waals surface area contributed by atoms with Gasteiger partial charge in [0.2, 0.25) is 0 Å². The first-order valence-corrected chi connectivity index (χ1v) is 4.55. The van der Waals surface area contributed by atoms with Crippen LogP contribution in [0.5, 0.6) is 0 Å². The number of nitrogens with one attached hydrogen (secondary N) is 1. The maximum absolute atomic E-state index is 4.22. The summed E-state index contributed by atoms with van der Waals surface area (Å²) in [4.78, 5) is 8.22. The second-order valence-electron chi connectivity index (χ2n) is 2.88. The van der Waals surface area contributed by atoms with E-state index >= 15 is 0 Å². The lowest BCUT2D eigenvalue weighted by atomic mass is 10.1.